The van der Waals surface area contributed by atoms with E-state index in [9.17, 15) is 13.2 Å². The predicted molar refractivity (Wildman–Crippen MR) is 101 cm³/mol. The van der Waals surface area contributed by atoms with Gasteiger partial charge in [-0.2, -0.15) is 4.31 Å². The SMILES string of the molecule is CCC(C)C(=O)N1CCc2cccc(S(=O)(=O)N3CCN(C)CC3)c2C1. The number of nitrogens with zero attached hydrogens (tertiary/aromatic N) is 3. The van der Waals surface area contributed by atoms with E-state index in [4.69, 9.17) is 0 Å². The molecule has 0 aliphatic carbocycles. The Balaban J connectivity index is 1.90. The molecule has 7 heteroatoms. The van der Waals surface area contributed by atoms with Crippen LogP contribution in [0.5, 0.6) is 0 Å². The molecule has 0 saturated carbocycles. The van der Waals surface area contributed by atoms with Crippen LogP contribution in [0.25, 0.3) is 0 Å². The molecule has 0 N–H and O–H groups in total. The molecule has 0 bridgehead atoms. The van der Waals surface area contributed by atoms with Gasteiger partial charge in [-0.05, 0) is 37.1 Å². The minimum atomic E-state index is -3.53. The molecular weight excluding hydrogens is 350 g/mol. The first kappa shape index (κ1) is 19.3. The average Bonchev–Trinajstić information content (AvgIpc) is 2.66. The summed E-state index contributed by atoms with van der Waals surface area (Å²) in [6, 6.07) is 5.51. The fraction of sp³-hybridized carbons (Fsp3) is 0.632. The summed E-state index contributed by atoms with van der Waals surface area (Å²) in [6.45, 7) is 7.50. The van der Waals surface area contributed by atoms with E-state index in [0.29, 0.717) is 37.5 Å². The number of hydrogen-bond donors (Lipinski definition) is 0. The Morgan fingerprint density at radius 1 is 1.15 bits per heavy atom. The molecule has 3 rings (SSSR count). The highest BCUT2D eigenvalue weighted by molar-refractivity contribution is 7.89. The number of carbonyl (C=O) groups excluding carboxylic acids is 1. The molecule has 144 valence electrons. The highest BCUT2D eigenvalue weighted by Crippen LogP contribution is 2.29. The number of piperazine rings is 1. The number of benzene rings is 1. The van der Waals surface area contributed by atoms with E-state index >= 15 is 0 Å². The fourth-order valence-corrected chi connectivity index (χ4v) is 5.31. The number of likely N-dealkylation sites (N-methyl/N-ethyl adjacent to an activating group) is 1. The van der Waals surface area contributed by atoms with Crippen molar-refractivity contribution in [2.24, 2.45) is 5.92 Å². The zero-order valence-electron chi connectivity index (χ0n) is 15.9. The van der Waals surface area contributed by atoms with Crippen LogP contribution in [0, 0.1) is 5.92 Å². The highest BCUT2D eigenvalue weighted by atomic mass is 32.2. The summed E-state index contributed by atoms with van der Waals surface area (Å²) in [7, 11) is -1.53. The zero-order valence-corrected chi connectivity index (χ0v) is 16.8. The molecule has 1 aromatic carbocycles. The molecule has 1 unspecified atom stereocenters. The second kappa shape index (κ2) is 7.66. The van der Waals surface area contributed by atoms with Crippen molar-refractivity contribution in [1.82, 2.24) is 14.1 Å². The van der Waals surface area contributed by atoms with Gasteiger partial charge in [0.25, 0.3) is 0 Å². The number of hydrogen-bond acceptors (Lipinski definition) is 4. The van der Waals surface area contributed by atoms with Gasteiger partial charge in [0.15, 0.2) is 0 Å². The van der Waals surface area contributed by atoms with E-state index in [-0.39, 0.29) is 11.8 Å². The first-order chi connectivity index (χ1) is 12.3. The van der Waals surface area contributed by atoms with Crippen LogP contribution in [0.15, 0.2) is 23.1 Å². The minimum absolute atomic E-state index is 0.0297. The van der Waals surface area contributed by atoms with Crippen molar-refractivity contribution in [3.63, 3.8) is 0 Å². The number of fused-ring (bicyclic) bond motifs is 1. The lowest BCUT2D eigenvalue weighted by Crippen LogP contribution is -2.47. The summed E-state index contributed by atoms with van der Waals surface area (Å²) in [6.07, 6.45) is 1.51. The van der Waals surface area contributed by atoms with Crippen LogP contribution < -0.4 is 0 Å². The van der Waals surface area contributed by atoms with Crippen molar-refractivity contribution >= 4 is 15.9 Å². The van der Waals surface area contributed by atoms with E-state index < -0.39 is 10.0 Å². The molecule has 1 saturated heterocycles. The van der Waals surface area contributed by atoms with Crippen LogP contribution >= 0.6 is 0 Å². The van der Waals surface area contributed by atoms with E-state index in [1.165, 1.54) is 0 Å². The quantitative estimate of drug-likeness (QED) is 0.796. The molecule has 1 atom stereocenters. The van der Waals surface area contributed by atoms with Crippen LogP contribution in [-0.4, -0.2) is 68.2 Å². The highest BCUT2D eigenvalue weighted by Gasteiger charge is 2.33. The molecule has 2 heterocycles. The van der Waals surface area contributed by atoms with Gasteiger partial charge in [0.2, 0.25) is 15.9 Å². The molecule has 2 aliphatic heterocycles. The number of amides is 1. The van der Waals surface area contributed by atoms with E-state index in [2.05, 4.69) is 4.90 Å². The summed E-state index contributed by atoms with van der Waals surface area (Å²) in [4.78, 5) is 16.9. The third-order valence-electron chi connectivity index (χ3n) is 5.66. The van der Waals surface area contributed by atoms with Gasteiger partial charge in [0, 0.05) is 45.2 Å². The molecule has 6 nitrogen and oxygen atoms in total. The molecule has 1 aromatic rings. The second-order valence-corrected chi connectivity index (χ2v) is 9.33. The summed E-state index contributed by atoms with van der Waals surface area (Å²) in [5.41, 5.74) is 1.85. The van der Waals surface area contributed by atoms with Crippen molar-refractivity contribution in [3.8, 4) is 0 Å². The molecule has 1 fully saturated rings. The van der Waals surface area contributed by atoms with Crippen molar-refractivity contribution in [2.45, 2.75) is 38.1 Å². The topological polar surface area (TPSA) is 60.9 Å². The maximum absolute atomic E-state index is 13.2. The van der Waals surface area contributed by atoms with Gasteiger partial charge in [-0.3, -0.25) is 4.79 Å². The van der Waals surface area contributed by atoms with Gasteiger partial charge >= 0.3 is 0 Å². The summed E-state index contributed by atoms with van der Waals surface area (Å²) < 4.78 is 28.1. The van der Waals surface area contributed by atoms with Crippen LogP contribution in [-0.2, 0) is 27.8 Å². The Labute approximate surface area is 156 Å². The molecule has 1 amide bonds. The van der Waals surface area contributed by atoms with Gasteiger partial charge in [0.05, 0.1) is 4.90 Å². The second-order valence-electron chi connectivity index (χ2n) is 7.42. The Kier molecular flexibility index (Phi) is 5.69. The van der Waals surface area contributed by atoms with E-state index in [0.717, 1.165) is 30.6 Å². The molecule has 0 aromatic heterocycles. The summed E-state index contributed by atoms with van der Waals surface area (Å²) in [5.74, 6) is 0.0860. The van der Waals surface area contributed by atoms with E-state index in [1.54, 1.807) is 10.4 Å². The monoisotopic (exact) mass is 379 g/mol. The normalized spacial score (nSPS) is 20.7. The van der Waals surface area contributed by atoms with Crippen LogP contribution in [0.1, 0.15) is 31.4 Å². The maximum atomic E-state index is 13.2. The van der Waals surface area contributed by atoms with Gasteiger partial charge < -0.3 is 9.80 Å². The standard InChI is InChI=1S/C19H29N3O3S/c1-4-15(2)19(23)21-9-8-16-6-5-7-18(17(16)14-21)26(24,25)22-12-10-20(3)11-13-22/h5-7,15H,4,8-14H2,1-3H3. The third-order valence-corrected chi connectivity index (χ3v) is 7.64. The van der Waals surface area contributed by atoms with Crippen molar-refractivity contribution in [2.75, 3.05) is 39.8 Å². The first-order valence-electron chi connectivity index (χ1n) is 9.42. The lowest BCUT2D eigenvalue weighted by Gasteiger charge is -2.35. The summed E-state index contributed by atoms with van der Waals surface area (Å²) in [5, 5.41) is 0. The molecule has 2 aliphatic rings. The van der Waals surface area contributed by atoms with Crippen molar-refractivity contribution in [3.05, 3.63) is 29.3 Å². The van der Waals surface area contributed by atoms with Gasteiger partial charge in [-0.15, -0.1) is 0 Å². The fourth-order valence-electron chi connectivity index (χ4n) is 3.63. The van der Waals surface area contributed by atoms with Crippen LogP contribution in [0.4, 0.5) is 0 Å². The Bertz CT molecular complexity index is 770. The number of rotatable bonds is 4. The molecular formula is C19H29N3O3S. The molecule has 26 heavy (non-hydrogen) atoms. The third kappa shape index (κ3) is 3.66. The average molecular weight is 380 g/mol. The minimum Gasteiger partial charge on any atom is -0.338 e. The maximum Gasteiger partial charge on any atom is 0.243 e. The first-order valence-corrected chi connectivity index (χ1v) is 10.9. The zero-order chi connectivity index (χ0) is 18.9. The van der Waals surface area contributed by atoms with Crippen LogP contribution in [0.2, 0.25) is 0 Å². The molecule has 0 radical (unpaired) electrons. The van der Waals surface area contributed by atoms with E-state index in [1.807, 2.05) is 37.9 Å². The van der Waals surface area contributed by atoms with Crippen molar-refractivity contribution < 1.29 is 13.2 Å². The lowest BCUT2D eigenvalue weighted by molar-refractivity contribution is -0.136. The predicted octanol–water partition coefficient (Wildman–Crippen LogP) is 1.55. The number of sulfonamides is 1. The lowest BCUT2D eigenvalue weighted by atomic mass is 9.98. The largest absolute Gasteiger partial charge is 0.338 e. The van der Waals surface area contributed by atoms with Crippen molar-refractivity contribution in [1.29, 1.82) is 0 Å². The Morgan fingerprint density at radius 3 is 2.50 bits per heavy atom. The van der Waals surface area contributed by atoms with Crippen LogP contribution in [0.3, 0.4) is 0 Å². The summed E-state index contributed by atoms with van der Waals surface area (Å²) >= 11 is 0. The van der Waals surface area contributed by atoms with Gasteiger partial charge in [-0.1, -0.05) is 26.0 Å². The smallest absolute Gasteiger partial charge is 0.243 e. The molecule has 0 spiro atoms. The Morgan fingerprint density at radius 2 is 1.85 bits per heavy atom. The number of carbonyl (C=O) groups is 1. The van der Waals surface area contributed by atoms with Gasteiger partial charge in [0.1, 0.15) is 0 Å². The van der Waals surface area contributed by atoms with Gasteiger partial charge in [-0.25, -0.2) is 8.42 Å². The Hall–Kier alpha value is -1.44.